The van der Waals surface area contributed by atoms with Gasteiger partial charge in [-0.2, -0.15) is 0 Å². The minimum Gasteiger partial charge on any atom is -0.482 e. The number of ether oxygens (including phenoxy) is 2. The molecule has 27 heavy (non-hydrogen) atoms. The summed E-state index contributed by atoms with van der Waals surface area (Å²) in [5, 5.41) is 3.23. The molecular formula is C21H24ClNO4. The van der Waals surface area contributed by atoms with Gasteiger partial charge in [-0.25, -0.2) is 4.79 Å². The van der Waals surface area contributed by atoms with Crippen LogP contribution in [0.15, 0.2) is 42.5 Å². The van der Waals surface area contributed by atoms with Crippen molar-refractivity contribution in [2.75, 3.05) is 11.9 Å². The van der Waals surface area contributed by atoms with E-state index >= 15 is 0 Å². The number of halogens is 1. The van der Waals surface area contributed by atoms with E-state index in [2.05, 4.69) is 19.2 Å². The Labute approximate surface area is 164 Å². The molecule has 0 spiro atoms. The minimum atomic E-state index is -0.946. The maximum absolute atomic E-state index is 12.1. The van der Waals surface area contributed by atoms with Crippen LogP contribution in [-0.2, 0) is 14.3 Å². The van der Waals surface area contributed by atoms with E-state index in [1.165, 1.54) is 6.92 Å². The van der Waals surface area contributed by atoms with E-state index in [0.29, 0.717) is 16.5 Å². The molecule has 1 atom stereocenters. The normalized spacial score (nSPS) is 11.8. The van der Waals surface area contributed by atoms with Crippen molar-refractivity contribution < 1.29 is 19.1 Å². The van der Waals surface area contributed by atoms with Crippen LogP contribution in [0, 0.1) is 6.92 Å². The highest BCUT2D eigenvalue weighted by Crippen LogP contribution is 2.27. The smallest absolute Gasteiger partial charge is 0.344 e. The van der Waals surface area contributed by atoms with Crippen molar-refractivity contribution in [1.29, 1.82) is 0 Å². The Kier molecular flexibility index (Phi) is 7.25. The topological polar surface area (TPSA) is 64.6 Å². The molecule has 0 radical (unpaired) electrons. The Morgan fingerprint density at radius 1 is 1.07 bits per heavy atom. The molecule has 0 fully saturated rings. The van der Waals surface area contributed by atoms with Crippen molar-refractivity contribution in [2.24, 2.45) is 0 Å². The number of benzene rings is 2. The van der Waals surface area contributed by atoms with Gasteiger partial charge in [0.05, 0.1) is 0 Å². The van der Waals surface area contributed by atoms with E-state index in [1.807, 2.05) is 25.1 Å². The summed E-state index contributed by atoms with van der Waals surface area (Å²) in [4.78, 5) is 24.2. The Morgan fingerprint density at radius 2 is 1.74 bits per heavy atom. The number of carbonyl (C=O) groups excluding carboxylic acids is 2. The highest BCUT2D eigenvalue weighted by molar-refractivity contribution is 6.30. The summed E-state index contributed by atoms with van der Waals surface area (Å²) in [5.41, 5.74) is 2.63. The minimum absolute atomic E-state index is 0.262. The van der Waals surface area contributed by atoms with Crippen LogP contribution in [-0.4, -0.2) is 24.6 Å². The summed E-state index contributed by atoms with van der Waals surface area (Å²) in [6.07, 6.45) is -0.946. The van der Waals surface area contributed by atoms with Gasteiger partial charge in [0.25, 0.3) is 5.91 Å². The Balaban J connectivity index is 1.89. The van der Waals surface area contributed by atoms with Crippen LogP contribution in [0.3, 0.4) is 0 Å². The SMILES string of the molecule is Cc1ccc(C(C)C)c(OCC(=O)O[C@@H](C)C(=O)Nc2ccc(Cl)cc2)c1. The molecule has 0 unspecified atom stereocenters. The number of anilines is 1. The standard InChI is InChI=1S/C21H24ClNO4/c1-13(2)18-10-5-14(3)11-19(18)26-12-20(24)27-15(4)21(25)23-17-8-6-16(22)7-9-17/h5-11,13,15H,12H2,1-4H3,(H,23,25)/t15-/m0/s1. The first kappa shape index (κ1) is 20.8. The van der Waals surface area contributed by atoms with E-state index < -0.39 is 18.0 Å². The van der Waals surface area contributed by atoms with Crippen molar-refractivity contribution in [3.05, 3.63) is 58.6 Å². The first-order valence-electron chi connectivity index (χ1n) is 8.75. The van der Waals surface area contributed by atoms with E-state index in [1.54, 1.807) is 24.3 Å². The molecule has 0 bridgehead atoms. The van der Waals surface area contributed by atoms with Crippen molar-refractivity contribution in [3.63, 3.8) is 0 Å². The van der Waals surface area contributed by atoms with Gasteiger partial charge in [0.15, 0.2) is 12.7 Å². The molecule has 0 aliphatic rings. The summed E-state index contributed by atoms with van der Waals surface area (Å²) in [5.74, 6) is -0.116. The molecule has 144 valence electrons. The zero-order valence-corrected chi connectivity index (χ0v) is 16.7. The van der Waals surface area contributed by atoms with E-state index in [4.69, 9.17) is 21.1 Å². The van der Waals surface area contributed by atoms with Gasteiger partial charge in [0.1, 0.15) is 5.75 Å². The quantitative estimate of drug-likeness (QED) is 0.696. The number of nitrogens with one attached hydrogen (secondary N) is 1. The molecule has 0 saturated carbocycles. The second-order valence-electron chi connectivity index (χ2n) is 6.61. The van der Waals surface area contributed by atoms with Gasteiger partial charge in [0, 0.05) is 10.7 Å². The highest BCUT2D eigenvalue weighted by Gasteiger charge is 2.19. The predicted molar refractivity (Wildman–Crippen MR) is 106 cm³/mol. The molecule has 0 aromatic heterocycles. The molecule has 0 saturated heterocycles. The summed E-state index contributed by atoms with van der Waals surface area (Å²) in [7, 11) is 0. The molecule has 6 heteroatoms. The maximum Gasteiger partial charge on any atom is 0.344 e. The molecule has 2 aromatic carbocycles. The van der Waals surface area contributed by atoms with Gasteiger partial charge < -0.3 is 14.8 Å². The van der Waals surface area contributed by atoms with Crippen molar-refractivity contribution in [1.82, 2.24) is 0 Å². The number of aryl methyl sites for hydroxylation is 1. The number of esters is 1. The van der Waals surface area contributed by atoms with Crippen LogP contribution < -0.4 is 10.1 Å². The molecule has 1 amide bonds. The van der Waals surface area contributed by atoms with Gasteiger partial charge in [-0.15, -0.1) is 0 Å². The summed E-state index contributed by atoms with van der Waals surface area (Å²) in [6.45, 7) is 7.31. The van der Waals surface area contributed by atoms with Crippen molar-refractivity contribution >= 4 is 29.2 Å². The lowest BCUT2D eigenvalue weighted by Crippen LogP contribution is -2.31. The van der Waals surface area contributed by atoms with Gasteiger partial charge in [0.2, 0.25) is 0 Å². The van der Waals surface area contributed by atoms with Crippen LogP contribution in [0.1, 0.15) is 37.8 Å². The number of rotatable bonds is 7. The van der Waals surface area contributed by atoms with Crippen LogP contribution >= 0.6 is 11.6 Å². The third-order valence-electron chi connectivity index (χ3n) is 3.93. The average molecular weight is 390 g/mol. The molecule has 5 nitrogen and oxygen atoms in total. The molecule has 0 aliphatic heterocycles. The van der Waals surface area contributed by atoms with E-state index in [-0.39, 0.29) is 12.5 Å². The van der Waals surface area contributed by atoms with Crippen LogP contribution in [0.25, 0.3) is 0 Å². The molecule has 2 aromatic rings. The summed E-state index contributed by atoms with van der Waals surface area (Å²) >= 11 is 5.81. The Bertz CT molecular complexity index is 802. The molecule has 2 rings (SSSR count). The maximum atomic E-state index is 12.1. The lowest BCUT2D eigenvalue weighted by Gasteiger charge is -2.16. The van der Waals surface area contributed by atoms with Gasteiger partial charge in [-0.1, -0.05) is 37.6 Å². The lowest BCUT2D eigenvalue weighted by atomic mass is 10.0. The third kappa shape index (κ3) is 6.29. The van der Waals surface area contributed by atoms with Crippen LogP contribution in [0.4, 0.5) is 5.69 Å². The van der Waals surface area contributed by atoms with Gasteiger partial charge in [-0.05, 0) is 61.2 Å². The zero-order valence-electron chi connectivity index (χ0n) is 15.9. The fourth-order valence-corrected chi connectivity index (χ4v) is 2.57. The summed E-state index contributed by atoms with van der Waals surface area (Å²) in [6, 6.07) is 12.5. The Hall–Kier alpha value is -2.53. The van der Waals surface area contributed by atoms with Crippen molar-refractivity contribution in [3.8, 4) is 5.75 Å². The third-order valence-corrected chi connectivity index (χ3v) is 4.18. The first-order valence-corrected chi connectivity index (χ1v) is 9.13. The average Bonchev–Trinajstić information content (AvgIpc) is 2.61. The highest BCUT2D eigenvalue weighted by atomic mass is 35.5. The predicted octanol–water partition coefficient (Wildman–Crippen LogP) is 4.72. The summed E-state index contributed by atoms with van der Waals surface area (Å²) < 4.78 is 10.8. The fourth-order valence-electron chi connectivity index (χ4n) is 2.44. The second-order valence-corrected chi connectivity index (χ2v) is 7.05. The van der Waals surface area contributed by atoms with E-state index in [0.717, 1.165) is 11.1 Å². The number of carbonyl (C=O) groups is 2. The first-order chi connectivity index (χ1) is 12.8. The van der Waals surface area contributed by atoms with Gasteiger partial charge in [-0.3, -0.25) is 4.79 Å². The molecule has 0 heterocycles. The van der Waals surface area contributed by atoms with E-state index in [9.17, 15) is 9.59 Å². The molecule has 1 N–H and O–H groups in total. The molecular weight excluding hydrogens is 366 g/mol. The van der Waals surface area contributed by atoms with Crippen LogP contribution in [0.5, 0.6) is 5.75 Å². The fraction of sp³-hybridized carbons (Fsp3) is 0.333. The monoisotopic (exact) mass is 389 g/mol. The van der Waals surface area contributed by atoms with Gasteiger partial charge >= 0.3 is 5.97 Å². The largest absolute Gasteiger partial charge is 0.482 e. The lowest BCUT2D eigenvalue weighted by molar-refractivity contribution is -0.155. The number of hydrogen-bond donors (Lipinski definition) is 1. The number of amides is 1. The van der Waals surface area contributed by atoms with Crippen molar-refractivity contribution in [2.45, 2.75) is 39.7 Å². The Morgan fingerprint density at radius 3 is 2.37 bits per heavy atom. The number of hydrogen-bond acceptors (Lipinski definition) is 4. The van der Waals surface area contributed by atoms with Crippen LogP contribution in [0.2, 0.25) is 5.02 Å². The molecule has 0 aliphatic carbocycles. The second kappa shape index (κ2) is 9.42. The zero-order chi connectivity index (χ0) is 20.0.